The normalized spacial score (nSPS) is 21.8. The van der Waals surface area contributed by atoms with Gasteiger partial charge in [0.1, 0.15) is 29.1 Å². The van der Waals surface area contributed by atoms with E-state index in [-0.39, 0.29) is 40.5 Å². The number of nitrogens with two attached hydrogens (primary N) is 1. The van der Waals surface area contributed by atoms with E-state index in [0.717, 1.165) is 51.4 Å². The fraction of sp³-hybridized carbons (Fsp3) is 0.692. The number of rotatable bonds is 18. The average Bonchev–Trinajstić information content (AvgIpc) is 3.64. The number of carboxylic acid groups (broad SMARTS) is 1. The number of anilines is 1. The molecule has 0 radical (unpaired) electrons. The molecule has 0 aliphatic carbocycles. The van der Waals surface area contributed by atoms with Crippen LogP contribution in [0.2, 0.25) is 0 Å². The number of aliphatic carboxylic acids is 1. The summed E-state index contributed by atoms with van der Waals surface area (Å²) in [6.45, 7) is 5.31. The maximum Gasteiger partial charge on any atom is 0.313 e. The second kappa shape index (κ2) is 15.7. The summed E-state index contributed by atoms with van der Waals surface area (Å²) in [5.41, 5.74) is 4.80. The maximum atomic E-state index is 13.3. The number of carbonyl (C=O) groups excluding carboxylic acids is 2. The van der Waals surface area contributed by atoms with Crippen LogP contribution in [0.3, 0.4) is 0 Å². The van der Waals surface area contributed by atoms with Crippen molar-refractivity contribution in [2.24, 2.45) is 10.6 Å². The standard InChI is InChI=1S/C26H39N9O5S3/c1-3-5-7-9-11-35-25(30-32-33-35)43-16-26(23(38)39)14-34-21(37)19(22(34)42-15-26)29-20(36)18(17-13-41-24(27)28-17)31-40-12-10-8-6-4-2/h13,19,22H,3-12,14-16H2,1-2H3,(H2,27,28)(H,29,36)(H,38,39)/t19?,22-,26?/m1/s1. The number of tetrazole rings is 1. The van der Waals surface area contributed by atoms with Crippen LogP contribution in [-0.4, -0.2) is 94.8 Å². The molecule has 2 aliphatic heterocycles. The van der Waals surface area contributed by atoms with Gasteiger partial charge in [0.25, 0.3) is 5.91 Å². The summed E-state index contributed by atoms with van der Waals surface area (Å²) in [6.07, 6.45) is 8.25. The first-order valence-corrected chi connectivity index (χ1v) is 17.5. The van der Waals surface area contributed by atoms with Crippen molar-refractivity contribution in [3.63, 3.8) is 0 Å². The summed E-state index contributed by atoms with van der Waals surface area (Å²) in [5, 5.41) is 31.0. The largest absolute Gasteiger partial charge is 0.481 e. The van der Waals surface area contributed by atoms with Crippen LogP contribution in [0.4, 0.5) is 5.13 Å². The quantitative estimate of drug-likeness (QED) is 0.0702. The molecule has 4 N–H and O–H groups in total. The molecule has 2 amide bonds. The molecule has 2 saturated heterocycles. The van der Waals surface area contributed by atoms with E-state index in [9.17, 15) is 19.5 Å². The lowest BCUT2D eigenvalue weighted by Gasteiger charge is -2.53. The van der Waals surface area contributed by atoms with E-state index >= 15 is 0 Å². The molecule has 14 nitrogen and oxygen atoms in total. The molecule has 4 rings (SSSR count). The number of oxime groups is 1. The number of unbranched alkanes of at least 4 members (excludes halogenated alkanes) is 6. The molecule has 3 atom stereocenters. The van der Waals surface area contributed by atoms with Gasteiger partial charge < -0.3 is 25.9 Å². The summed E-state index contributed by atoms with van der Waals surface area (Å²) < 4.78 is 1.71. The smallest absolute Gasteiger partial charge is 0.313 e. The molecule has 0 spiro atoms. The molecule has 0 aromatic carbocycles. The number of hydrogen-bond acceptors (Lipinski definition) is 13. The molecule has 43 heavy (non-hydrogen) atoms. The van der Waals surface area contributed by atoms with Gasteiger partial charge in [0.2, 0.25) is 11.1 Å². The Bertz CT molecular complexity index is 1290. The number of hydrogen-bond donors (Lipinski definition) is 3. The second-order valence-electron chi connectivity index (χ2n) is 10.6. The van der Waals surface area contributed by atoms with Gasteiger partial charge in [-0.15, -0.1) is 28.2 Å². The summed E-state index contributed by atoms with van der Waals surface area (Å²) >= 11 is 3.79. The summed E-state index contributed by atoms with van der Waals surface area (Å²) in [4.78, 5) is 50.0. The number of amides is 2. The van der Waals surface area contributed by atoms with Gasteiger partial charge in [0, 0.05) is 30.0 Å². The van der Waals surface area contributed by atoms with E-state index < -0.39 is 28.7 Å². The minimum Gasteiger partial charge on any atom is -0.481 e. The molecule has 0 bridgehead atoms. The predicted molar refractivity (Wildman–Crippen MR) is 166 cm³/mol. The highest BCUT2D eigenvalue weighted by Crippen LogP contribution is 2.44. The zero-order valence-corrected chi connectivity index (χ0v) is 26.9. The Hall–Kier alpha value is -2.92. The van der Waals surface area contributed by atoms with Crippen molar-refractivity contribution < 1.29 is 24.3 Å². The van der Waals surface area contributed by atoms with Crippen molar-refractivity contribution in [2.45, 2.75) is 88.3 Å². The van der Waals surface area contributed by atoms with E-state index in [1.807, 2.05) is 0 Å². The highest BCUT2D eigenvalue weighted by Gasteiger charge is 2.57. The second-order valence-corrected chi connectivity index (χ2v) is 13.6. The van der Waals surface area contributed by atoms with Gasteiger partial charge in [-0.05, 0) is 29.7 Å². The summed E-state index contributed by atoms with van der Waals surface area (Å²) in [7, 11) is 0. The molecular formula is C26H39N9O5S3. The first-order valence-electron chi connectivity index (χ1n) is 14.6. The monoisotopic (exact) mass is 653 g/mol. The summed E-state index contributed by atoms with van der Waals surface area (Å²) in [5.74, 6) is -1.47. The number of fused-ring (bicyclic) bond motifs is 1. The number of β-lactam (4-membered cyclic amide) rings is 1. The Morgan fingerprint density at radius 1 is 1.23 bits per heavy atom. The zero-order valence-electron chi connectivity index (χ0n) is 24.4. The Balaban J connectivity index is 1.36. The SMILES string of the molecule is CCCCCCON=C(C(=O)NC1C(=O)N2CC(CSc3nnnn3CCCCCC)(C(=O)O)CS[C@H]12)c1csc(N)n1. The molecule has 17 heteroatoms. The highest BCUT2D eigenvalue weighted by molar-refractivity contribution is 8.00. The number of nitrogens with one attached hydrogen (secondary N) is 1. The number of thiazole rings is 1. The van der Waals surface area contributed by atoms with Gasteiger partial charge in [0.05, 0.1) is 0 Å². The molecule has 2 aromatic rings. The first-order chi connectivity index (χ1) is 20.8. The van der Waals surface area contributed by atoms with Crippen molar-refractivity contribution >= 4 is 63.5 Å². The Morgan fingerprint density at radius 2 is 2.00 bits per heavy atom. The highest BCUT2D eigenvalue weighted by atomic mass is 32.2. The van der Waals surface area contributed by atoms with Crippen molar-refractivity contribution in [3.05, 3.63) is 11.1 Å². The lowest BCUT2D eigenvalue weighted by molar-refractivity contribution is -0.157. The Kier molecular flexibility index (Phi) is 12.0. The van der Waals surface area contributed by atoms with Crippen molar-refractivity contribution in [1.82, 2.24) is 35.4 Å². The van der Waals surface area contributed by atoms with Gasteiger partial charge in [-0.3, -0.25) is 14.4 Å². The first kappa shape index (κ1) is 33.0. The number of nitrogen functional groups attached to an aromatic ring is 1. The van der Waals surface area contributed by atoms with E-state index in [2.05, 4.69) is 44.8 Å². The molecule has 2 aromatic heterocycles. The minimum absolute atomic E-state index is 0.0285. The number of aryl methyl sites for hydroxylation is 1. The number of nitrogens with zero attached hydrogens (tertiary/aromatic N) is 7. The van der Waals surface area contributed by atoms with E-state index in [4.69, 9.17) is 10.6 Å². The number of aromatic nitrogens is 5. The molecule has 0 saturated carbocycles. The molecule has 236 valence electrons. The van der Waals surface area contributed by atoms with Crippen LogP contribution in [0.15, 0.2) is 15.7 Å². The lowest BCUT2D eigenvalue weighted by Crippen LogP contribution is -2.74. The van der Waals surface area contributed by atoms with E-state index in [0.29, 0.717) is 18.3 Å². The van der Waals surface area contributed by atoms with E-state index in [1.54, 1.807) is 10.1 Å². The summed E-state index contributed by atoms with van der Waals surface area (Å²) in [6, 6.07) is -0.821. The van der Waals surface area contributed by atoms with Crippen LogP contribution >= 0.6 is 34.9 Å². The predicted octanol–water partition coefficient (Wildman–Crippen LogP) is 2.86. The Labute approximate surface area is 262 Å². The van der Waals surface area contributed by atoms with Gasteiger partial charge in [-0.25, -0.2) is 9.67 Å². The van der Waals surface area contributed by atoms with Crippen LogP contribution in [0, 0.1) is 5.41 Å². The fourth-order valence-corrected chi connectivity index (χ4v) is 8.06. The molecule has 2 aliphatic rings. The molecule has 2 fully saturated rings. The minimum atomic E-state index is -1.19. The van der Waals surface area contributed by atoms with Gasteiger partial charge in [-0.2, -0.15) is 0 Å². The molecule has 4 heterocycles. The number of thioether (sulfide) groups is 2. The van der Waals surface area contributed by atoms with E-state index in [1.165, 1.54) is 39.8 Å². The Morgan fingerprint density at radius 3 is 2.70 bits per heavy atom. The van der Waals surface area contributed by atoms with Crippen LogP contribution in [-0.2, 0) is 25.8 Å². The molecular weight excluding hydrogens is 615 g/mol. The van der Waals surface area contributed by atoms with Crippen molar-refractivity contribution in [1.29, 1.82) is 0 Å². The fourth-order valence-electron chi connectivity index (χ4n) is 4.75. The van der Waals surface area contributed by atoms with Crippen LogP contribution in [0.1, 0.15) is 70.9 Å². The maximum absolute atomic E-state index is 13.3. The van der Waals surface area contributed by atoms with Gasteiger partial charge in [0.15, 0.2) is 10.8 Å². The van der Waals surface area contributed by atoms with Crippen molar-refractivity contribution in [2.75, 3.05) is 30.4 Å². The van der Waals surface area contributed by atoms with Gasteiger partial charge in [-0.1, -0.05) is 62.9 Å². The number of carboxylic acids is 1. The zero-order chi connectivity index (χ0) is 30.8. The number of carbonyl (C=O) groups is 3. The molecule has 2 unspecified atom stereocenters. The van der Waals surface area contributed by atoms with Crippen LogP contribution in [0.25, 0.3) is 0 Å². The topological polar surface area (TPSA) is 191 Å². The third-order valence-corrected chi connectivity index (χ3v) is 10.8. The third-order valence-electron chi connectivity index (χ3n) is 7.31. The van der Waals surface area contributed by atoms with Crippen LogP contribution in [0.5, 0.6) is 0 Å². The van der Waals surface area contributed by atoms with Crippen LogP contribution < -0.4 is 11.1 Å². The van der Waals surface area contributed by atoms with Gasteiger partial charge >= 0.3 is 5.97 Å². The third kappa shape index (κ3) is 8.17. The van der Waals surface area contributed by atoms with Crippen molar-refractivity contribution in [3.8, 4) is 0 Å². The average molecular weight is 654 g/mol. The lowest BCUT2D eigenvalue weighted by atomic mass is 9.89.